The number of carboxylic acids is 1. The molecule has 0 aliphatic heterocycles. The molecule has 2 saturated carbocycles. The minimum atomic E-state index is -0.940. The van der Waals surface area contributed by atoms with E-state index < -0.39 is 12.1 Å². The molecule has 0 aromatic heterocycles. The van der Waals surface area contributed by atoms with Crippen LogP contribution in [0.4, 0.5) is 0 Å². The molecule has 0 spiro atoms. The summed E-state index contributed by atoms with van der Waals surface area (Å²) in [6.07, 6.45) is 9.35. The maximum atomic E-state index is 11.4. The van der Waals surface area contributed by atoms with Gasteiger partial charge in [-0.15, -0.1) is 0 Å². The molecule has 2 aliphatic carbocycles. The highest BCUT2D eigenvalue weighted by atomic mass is 16.5. The van der Waals surface area contributed by atoms with Crippen molar-refractivity contribution in [3.05, 3.63) is 47.2 Å². The lowest BCUT2D eigenvalue weighted by Gasteiger charge is -2.22. The van der Waals surface area contributed by atoms with Gasteiger partial charge in [-0.2, -0.15) is 0 Å². The summed E-state index contributed by atoms with van der Waals surface area (Å²) in [5, 5.41) is 30.4. The highest BCUT2D eigenvalue weighted by Gasteiger charge is 2.49. The van der Waals surface area contributed by atoms with Crippen molar-refractivity contribution in [2.45, 2.75) is 77.1 Å². The number of aromatic carboxylic acids is 1. The van der Waals surface area contributed by atoms with Crippen molar-refractivity contribution in [3.63, 3.8) is 0 Å². The standard InChI is InChI=1S/C24H34O5/c1-2-3-4-5-6-11-21(25)23-20-14-18(12-17(20)13-22(23)26)29-15-16-9-7-8-10-19(16)24(27)28/h7-11,17-18,20,22-23,25-26H,2-6,12-15H2,1H3,(H,27,28)/b21-11-/t17-,18-,20+,22+,23-/m0/s1. The van der Waals surface area contributed by atoms with Crippen molar-refractivity contribution in [1.29, 1.82) is 0 Å². The number of carbonyl (C=O) groups is 1. The minimum absolute atomic E-state index is 0.0409. The van der Waals surface area contributed by atoms with Gasteiger partial charge >= 0.3 is 5.97 Å². The van der Waals surface area contributed by atoms with Crippen LogP contribution in [-0.4, -0.2) is 33.5 Å². The molecule has 0 saturated heterocycles. The highest BCUT2D eigenvalue weighted by molar-refractivity contribution is 5.89. The Labute approximate surface area is 173 Å². The van der Waals surface area contributed by atoms with Crippen LogP contribution in [-0.2, 0) is 11.3 Å². The van der Waals surface area contributed by atoms with Gasteiger partial charge < -0.3 is 20.1 Å². The van der Waals surface area contributed by atoms with Gasteiger partial charge in [-0.25, -0.2) is 4.79 Å². The molecule has 5 heteroatoms. The summed E-state index contributed by atoms with van der Waals surface area (Å²) in [5.41, 5.74) is 0.964. The Kier molecular flexibility index (Phi) is 7.73. The van der Waals surface area contributed by atoms with E-state index in [1.165, 1.54) is 19.3 Å². The third-order valence-corrected chi connectivity index (χ3v) is 6.60. The number of allylic oxidation sites excluding steroid dienone is 1. The molecule has 5 atom stereocenters. The van der Waals surface area contributed by atoms with Crippen LogP contribution in [0.5, 0.6) is 0 Å². The number of carboxylic acid groups (broad SMARTS) is 1. The maximum Gasteiger partial charge on any atom is 0.336 e. The summed E-state index contributed by atoms with van der Waals surface area (Å²) in [6, 6.07) is 6.93. The van der Waals surface area contributed by atoms with Crippen LogP contribution < -0.4 is 0 Å². The fourth-order valence-electron chi connectivity index (χ4n) is 5.13. The number of fused-ring (bicyclic) bond motifs is 1. The Bertz CT molecular complexity index is 713. The van der Waals surface area contributed by atoms with E-state index in [0.29, 0.717) is 23.7 Å². The molecule has 1 aromatic carbocycles. The lowest BCUT2D eigenvalue weighted by molar-refractivity contribution is 0.0279. The maximum absolute atomic E-state index is 11.4. The topological polar surface area (TPSA) is 87.0 Å². The zero-order valence-electron chi connectivity index (χ0n) is 17.3. The van der Waals surface area contributed by atoms with E-state index in [1.807, 2.05) is 12.1 Å². The van der Waals surface area contributed by atoms with Crippen LogP contribution in [0, 0.1) is 17.8 Å². The largest absolute Gasteiger partial charge is 0.512 e. The van der Waals surface area contributed by atoms with Crippen molar-refractivity contribution >= 4 is 5.97 Å². The van der Waals surface area contributed by atoms with Crippen molar-refractivity contribution in [3.8, 4) is 0 Å². The number of hydrogen-bond donors (Lipinski definition) is 3. The van der Waals surface area contributed by atoms with Crippen LogP contribution in [0.25, 0.3) is 0 Å². The van der Waals surface area contributed by atoms with Gasteiger partial charge in [0.25, 0.3) is 0 Å². The molecule has 2 aliphatic rings. The lowest BCUT2D eigenvalue weighted by Crippen LogP contribution is -2.23. The van der Waals surface area contributed by atoms with Gasteiger partial charge in [0, 0.05) is 5.92 Å². The minimum Gasteiger partial charge on any atom is -0.512 e. The first-order valence-corrected chi connectivity index (χ1v) is 11.0. The second kappa shape index (κ2) is 10.3. The number of unbranched alkanes of at least 4 members (excludes halogenated alkanes) is 4. The molecule has 160 valence electrons. The summed E-state index contributed by atoms with van der Waals surface area (Å²) >= 11 is 0. The summed E-state index contributed by atoms with van der Waals surface area (Å²) in [6.45, 7) is 2.46. The van der Waals surface area contributed by atoms with Crippen LogP contribution >= 0.6 is 0 Å². The second-order valence-electron chi connectivity index (χ2n) is 8.60. The Morgan fingerprint density at radius 2 is 1.93 bits per heavy atom. The quantitative estimate of drug-likeness (QED) is 0.375. The van der Waals surface area contributed by atoms with Crippen molar-refractivity contribution in [2.24, 2.45) is 17.8 Å². The van der Waals surface area contributed by atoms with Crippen molar-refractivity contribution in [2.75, 3.05) is 0 Å². The lowest BCUT2D eigenvalue weighted by atomic mass is 9.89. The molecule has 0 radical (unpaired) electrons. The third-order valence-electron chi connectivity index (χ3n) is 6.60. The van der Waals surface area contributed by atoms with Crippen LogP contribution in [0.2, 0.25) is 0 Å². The SMILES string of the molecule is CCCCCC/C=C(\O)[C@@H]1[C@@H]2C[C@@H](OCc3ccccc3C(=O)O)C[C@H]2C[C@H]1O. The summed E-state index contributed by atoms with van der Waals surface area (Å²) in [5.74, 6) is -0.198. The Balaban J connectivity index is 1.55. The predicted molar refractivity (Wildman–Crippen MR) is 112 cm³/mol. The first-order valence-electron chi connectivity index (χ1n) is 11.0. The van der Waals surface area contributed by atoms with E-state index in [4.69, 9.17) is 4.74 Å². The molecule has 0 bridgehead atoms. The first-order chi connectivity index (χ1) is 14.0. The van der Waals surface area contributed by atoms with Gasteiger partial charge in [-0.3, -0.25) is 0 Å². The van der Waals surface area contributed by atoms with E-state index in [1.54, 1.807) is 18.2 Å². The summed E-state index contributed by atoms with van der Waals surface area (Å²) in [7, 11) is 0. The normalized spacial score (nSPS) is 29.2. The monoisotopic (exact) mass is 402 g/mol. The van der Waals surface area contributed by atoms with E-state index in [9.17, 15) is 20.1 Å². The number of ether oxygens (including phenoxy) is 1. The van der Waals surface area contributed by atoms with Crippen LogP contribution in [0.15, 0.2) is 36.1 Å². The van der Waals surface area contributed by atoms with Gasteiger partial charge in [-0.05, 0) is 61.6 Å². The van der Waals surface area contributed by atoms with E-state index in [2.05, 4.69) is 6.92 Å². The number of hydrogen-bond acceptors (Lipinski definition) is 4. The molecule has 1 aromatic rings. The first kappa shape index (κ1) is 21.8. The average Bonchev–Trinajstić information content (AvgIpc) is 3.22. The fourth-order valence-corrected chi connectivity index (χ4v) is 5.13. The highest BCUT2D eigenvalue weighted by Crippen LogP contribution is 2.50. The van der Waals surface area contributed by atoms with Crippen molar-refractivity contribution < 1.29 is 24.9 Å². The van der Waals surface area contributed by atoms with Gasteiger partial charge in [0.15, 0.2) is 0 Å². The van der Waals surface area contributed by atoms with Gasteiger partial charge in [0.05, 0.1) is 30.1 Å². The average molecular weight is 403 g/mol. The summed E-state index contributed by atoms with van der Waals surface area (Å²) < 4.78 is 6.06. The van der Waals surface area contributed by atoms with Crippen molar-refractivity contribution in [1.82, 2.24) is 0 Å². The Hall–Kier alpha value is -1.85. The van der Waals surface area contributed by atoms with E-state index in [-0.39, 0.29) is 30.1 Å². The number of rotatable bonds is 10. The number of benzene rings is 1. The number of aliphatic hydroxyl groups is 2. The molecule has 3 rings (SSSR count). The molecule has 0 unspecified atom stereocenters. The smallest absolute Gasteiger partial charge is 0.336 e. The molecule has 3 N–H and O–H groups in total. The fraction of sp³-hybridized carbons (Fsp3) is 0.625. The molecule has 2 fully saturated rings. The molecular formula is C24H34O5. The molecule has 0 heterocycles. The number of aliphatic hydroxyl groups excluding tert-OH is 2. The molecule has 5 nitrogen and oxygen atoms in total. The van der Waals surface area contributed by atoms with Gasteiger partial charge in [0.2, 0.25) is 0 Å². The van der Waals surface area contributed by atoms with Gasteiger partial charge in [-0.1, -0.05) is 44.4 Å². The zero-order valence-corrected chi connectivity index (χ0v) is 17.3. The Morgan fingerprint density at radius 1 is 1.14 bits per heavy atom. The van der Waals surface area contributed by atoms with E-state index >= 15 is 0 Å². The molecule has 29 heavy (non-hydrogen) atoms. The second-order valence-corrected chi connectivity index (χ2v) is 8.60. The zero-order chi connectivity index (χ0) is 20.8. The third kappa shape index (κ3) is 5.40. The predicted octanol–water partition coefficient (Wildman–Crippen LogP) is 5.09. The Morgan fingerprint density at radius 3 is 2.69 bits per heavy atom. The van der Waals surface area contributed by atoms with Crippen LogP contribution in [0.3, 0.4) is 0 Å². The van der Waals surface area contributed by atoms with Gasteiger partial charge in [0.1, 0.15) is 0 Å². The van der Waals surface area contributed by atoms with Crippen LogP contribution in [0.1, 0.15) is 74.2 Å². The summed E-state index contributed by atoms with van der Waals surface area (Å²) in [4.78, 5) is 11.4. The molecule has 0 amide bonds. The molecular weight excluding hydrogens is 368 g/mol. The van der Waals surface area contributed by atoms with E-state index in [0.717, 1.165) is 25.7 Å².